The largest absolute Gasteiger partial charge is 0.303 e. The minimum atomic E-state index is -0.471. The molecule has 0 amide bonds. The molecule has 3 heteroatoms. The molecule has 0 saturated heterocycles. The van der Waals surface area contributed by atoms with Gasteiger partial charge < -0.3 is 4.90 Å². The molecule has 1 saturated carbocycles. The van der Waals surface area contributed by atoms with E-state index in [-0.39, 0.29) is 5.82 Å². The van der Waals surface area contributed by atoms with Crippen molar-refractivity contribution < 1.29 is 4.39 Å². The Morgan fingerprint density at radius 3 is 2.39 bits per heavy atom. The number of nitriles is 1. The molecular weight excluding hydrogens is 347 g/mol. The van der Waals surface area contributed by atoms with Crippen LogP contribution in [-0.4, -0.2) is 24.5 Å². The number of rotatable bonds is 10. The lowest BCUT2D eigenvalue weighted by atomic mass is 9.73. The van der Waals surface area contributed by atoms with Gasteiger partial charge in [-0.3, -0.25) is 0 Å². The molecule has 1 aliphatic carbocycles. The van der Waals surface area contributed by atoms with Crippen LogP contribution in [-0.2, 0) is 11.8 Å². The van der Waals surface area contributed by atoms with Crippen molar-refractivity contribution in [3.8, 4) is 6.07 Å². The molecule has 2 unspecified atom stereocenters. The molecule has 148 valence electrons. The van der Waals surface area contributed by atoms with Crippen molar-refractivity contribution in [2.24, 2.45) is 5.92 Å². The number of benzene rings is 2. The SMILES string of the molecule is CCC(CCC(C#N)(c1ccc(F)cc1)C1CC1)N(C)CCc1ccccc1. The van der Waals surface area contributed by atoms with Gasteiger partial charge in [-0.15, -0.1) is 0 Å². The molecule has 2 aromatic rings. The Balaban J connectivity index is 1.65. The highest BCUT2D eigenvalue weighted by Gasteiger charge is 2.46. The van der Waals surface area contributed by atoms with E-state index in [9.17, 15) is 9.65 Å². The second kappa shape index (κ2) is 9.34. The van der Waals surface area contributed by atoms with Crippen molar-refractivity contribution >= 4 is 0 Å². The predicted molar refractivity (Wildman–Crippen MR) is 113 cm³/mol. The van der Waals surface area contributed by atoms with Gasteiger partial charge in [0, 0.05) is 12.6 Å². The zero-order valence-electron chi connectivity index (χ0n) is 17.1. The van der Waals surface area contributed by atoms with Gasteiger partial charge in [-0.05, 0) is 74.8 Å². The number of hydrogen-bond acceptors (Lipinski definition) is 2. The van der Waals surface area contributed by atoms with Gasteiger partial charge >= 0.3 is 0 Å². The Labute approximate surface area is 169 Å². The smallest absolute Gasteiger partial charge is 0.123 e. The maximum atomic E-state index is 13.4. The van der Waals surface area contributed by atoms with E-state index in [2.05, 4.69) is 55.3 Å². The summed E-state index contributed by atoms with van der Waals surface area (Å²) in [5.41, 5.74) is 1.88. The van der Waals surface area contributed by atoms with Gasteiger partial charge in [0.1, 0.15) is 5.82 Å². The van der Waals surface area contributed by atoms with Crippen LogP contribution in [0.1, 0.15) is 50.2 Å². The lowest BCUT2D eigenvalue weighted by Crippen LogP contribution is -2.36. The first-order valence-corrected chi connectivity index (χ1v) is 10.5. The topological polar surface area (TPSA) is 27.0 Å². The van der Waals surface area contributed by atoms with Crippen LogP contribution >= 0.6 is 0 Å². The van der Waals surface area contributed by atoms with E-state index in [1.54, 1.807) is 0 Å². The minimum absolute atomic E-state index is 0.238. The third kappa shape index (κ3) is 4.80. The van der Waals surface area contributed by atoms with Crippen LogP contribution in [0.15, 0.2) is 54.6 Å². The first-order chi connectivity index (χ1) is 13.6. The van der Waals surface area contributed by atoms with Gasteiger partial charge in [0.05, 0.1) is 11.5 Å². The molecule has 1 aliphatic rings. The molecule has 2 aromatic carbocycles. The Kier molecular flexibility index (Phi) is 6.86. The quantitative estimate of drug-likeness (QED) is 0.528. The molecule has 1 fully saturated rings. The fraction of sp³-hybridized carbons (Fsp3) is 0.480. The average molecular weight is 379 g/mol. The van der Waals surface area contributed by atoms with E-state index in [4.69, 9.17) is 0 Å². The van der Waals surface area contributed by atoms with Gasteiger partial charge in [0.25, 0.3) is 0 Å². The summed E-state index contributed by atoms with van der Waals surface area (Å²) in [5, 5.41) is 10.1. The van der Waals surface area contributed by atoms with E-state index in [1.165, 1.54) is 17.7 Å². The first kappa shape index (κ1) is 20.6. The lowest BCUT2D eigenvalue weighted by Gasteiger charge is -2.32. The third-order valence-electron chi connectivity index (χ3n) is 6.40. The Morgan fingerprint density at radius 1 is 1.14 bits per heavy atom. The summed E-state index contributed by atoms with van der Waals surface area (Å²) in [6.45, 7) is 3.24. The number of hydrogen-bond donors (Lipinski definition) is 0. The predicted octanol–water partition coefficient (Wildman–Crippen LogP) is 5.73. The standard InChI is InChI=1S/C25H31FN2/c1-3-24(28(2)18-16-20-7-5-4-6-8-20)15-17-25(19-27,21-9-10-21)22-11-13-23(26)14-12-22/h4-8,11-14,21,24H,3,9-10,15-18H2,1-2H3. The zero-order chi connectivity index (χ0) is 20.0. The van der Waals surface area contributed by atoms with Crippen LogP contribution in [0, 0.1) is 23.1 Å². The summed E-state index contributed by atoms with van der Waals surface area (Å²) in [7, 11) is 2.19. The monoisotopic (exact) mass is 378 g/mol. The van der Waals surface area contributed by atoms with E-state index in [0.29, 0.717) is 12.0 Å². The molecular formula is C25H31FN2. The second-order valence-electron chi connectivity index (χ2n) is 8.18. The maximum absolute atomic E-state index is 13.4. The zero-order valence-corrected chi connectivity index (χ0v) is 17.1. The highest BCUT2D eigenvalue weighted by molar-refractivity contribution is 5.35. The van der Waals surface area contributed by atoms with Gasteiger partial charge in [-0.25, -0.2) is 4.39 Å². The van der Waals surface area contributed by atoms with Crippen molar-refractivity contribution in [3.05, 3.63) is 71.5 Å². The van der Waals surface area contributed by atoms with Gasteiger partial charge in [-0.2, -0.15) is 5.26 Å². The summed E-state index contributed by atoms with van der Waals surface area (Å²) in [6.07, 6.45) is 6.15. The summed E-state index contributed by atoms with van der Waals surface area (Å²) in [5.74, 6) is 0.175. The van der Waals surface area contributed by atoms with Crippen LogP contribution in [0.4, 0.5) is 4.39 Å². The van der Waals surface area contributed by atoms with Gasteiger partial charge in [0.2, 0.25) is 0 Å². The Hall–Kier alpha value is -2.18. The first-order valence-electron chi connectivity index (χ1n) is 10.5. The van der Waals surface area contributed by atoms with Crippen LogP contribution < -0.4 is 0 Å². The summed E-state index contributed by atoms with van der Waals surface area (Å²) in [6, 6.07) is 20.3. The van der Waals surface area contributed by atoms with Gasteiger partial charge in [-0.1, -0.05) is 49.4 Å². The van der Waals surface area contributed by atoms with Crippen molar-refractivity contribution in [1.82, 2.24) is 4.90 Å². The maximum Gasteiger partial charge on any atom is 0.123 e. The van der Waals surface area contributed by atoms with E-state index >= 15 is 0 Å². The molecule has 0 N–H and O–H groups in total. The second-order valence-corrected chi connectivity index (χ2v) is 8.18. The Morgan fingerprint density at radius 2 is 1.82 bits per heavy atom. The Bertz CT molecular complexity index is 776. The molecule has 0 spiro atoms. The van der Waals surface area contributed by atoms with Crippen LogP contribution in [0.25, 0.3) is 0 Å². The minimum Gasteiger partial charge on any atom is -0.303 e. The molecule has 2 nitrogen and oxygen atoms in total. The highest BCUT2D eigenvalue weighted by Crippen LogP contribution is 2.50. The van der Waals surface area contributed by atoms with Crippen molar-refractivity contribution in [2.45, 2.75) is 56.9 Å². The number of nitrogens with zero attached hydrogens (tertiary/aromatic N) is 2. The molecule has 0 heterocycles. The summed E-state index contributed by atoms with van der Waals surface area (Å²) in [4.78, 5) is 2.44. The van der Waals surface area contributed by atoms with Crippen molar-refractivity contribution in [2.75, 3.05) is 13.6 Å². The van der Waals surface area contributed by atoms with Crippen molar-refractivity contribution in [3.63, 3.8) is 0 Å². The van der Waals surface area contributed by atoms with E-state index < -0.39 is 5.41 Å². The fourth-order valence-corrected chi connectivity index (χ4v) is 4.38. The lowest BCUT2D eigenvalue weighted by molar-refractivity contribution is 0.211. The molecule has 0 bridgehead atoms. The summed E-state index contributed by atoms with van der Waals surface area (Å²) < 4.78 is 13.4. The fourth-order valence-electron chi connectivity index (χ4n) is 4.38. The molecule has 3 rings (SSSR count). The van der Waals surface area contributed by atoms with Gasteiger partial charge in [0.15, 0.2) is 0 Å². The van der Waals surface area contributed by atoms with E-state index in [0.717, 1.165) is 50.6 Å². The highest BCUT2D eigenvalue weighted by atomic mass is 19.1. The third-order valence-corrected chi connectivity index (χ3v) is 6.40. The summed E-state index contributed by atoms with van der Waals surface area (Å²) >= 11 is 0. The molecule has 0 aliphatic heterocycles. The molecule has 28 heavy (non-hydrogen) atoms. The van der Waals surface area contributed by atoms with Crippen molar-refractivity contribution in [1.29, 1.82) is 5.26 Å². The van der Waals surface area contributed by atoms with Crippen LogP contribution in [0.5, 0.6) is 0 Å². The average Bonchev–Trinajstić information content (AvgIpc) is 3.57. The van der Waals surface area contributed by atoms with Crippen LogP contribution in [0.3, 0.4) is 0 Å². The van der Waals surface area contributed by atoms with E-state index in [1.807, 2.05) is 12.1 Å². The molecule has 0 aromatic heterocycles. The molecule has 0 radical (unpaired) electrons. The number of halogens is 1. The van der Waals surface area contributed by atoms with Crippen LogP contribution in [0.2, 0.25) is 0 Å². The molecule has 2 atom stereocenters. The normalized spacial score (nSPS) is 17.1. The number of likely N-dealkylation sites (N-methyl/N-ethyl adjacent to an activating group) is 1.